The first-order valence-electron chi connectivity index (χ1n) is 6.19. The molecule has 0 aliphatic heterocycles. The van der Waals surface area contributed by atoms with Crippen LogP contribution in [0.1, 0.15) is 24.2 Å². The molecule has 1 heterocycles. The third-order valence-corrected chi connectivity index (χ3v) is 3.20. The minimum atomic E-state index is -0.350. The van der Waals surface area contributed by atoms with Gasteiger partial charge in [0.2, 0.25) is 5.43 Å². The van der Waals surface area contributed by atoms with Gasteiger partial charge in [-0.3, -0.25) is 9.59 Å². The number of halogens is 1. The van der Waals surface area contributed by atoms with Crippen molar-refractivity contribution in [2.75, 3.05) is 6.54 Å². The molecule has 0 unspecified atom stereocenters. The van der Waals surface area contributed by atoms with E-state index in [0.29, 0.717) is 23.5 Å². The zero-order chi connectivity index (χ0) is 14.0. The molecular formula is C14H15ClN2O2. The topological polar surface area (TPSA) is 51.1 Å². The fraction of sp³-hybridized carbons (Fsp3) is 0.286. The summed E-state index contributed by atoms with van der Waals surface area (Å²) < 4.78 is 1.87. The van der Waals surface area contributed by atoms with Gasteiger partial charge in [-0.25, -0.2) is 0 Å². The van der Waals surface area contributed by atoms with Crippen LogP contribution in [-0.4, -0.2) is 17.0 Å². The van der Waals surface area contributed by atoms with E-state index in [1.807, 2.05) is 18.4 Å². The standard InChI is InChI=1S/C14H15ClN2O2/c1-3-16-14(19)11-8-17(4-2)12-6-5-9(15)7-10(12)13(11)18/h5-8H,3-4H2,1-2H3,(H,16,19). The summed E-state index contributed by atoms with van der Waals surface area (Å²) in [7, 11) is 0. The number of carbonyl (C=O) groups is 1. The summed E-state index contributed by atoms with van der Waals surface area (Å²) in [5, 5.41) is 3.60. The first-order chi connectivity index (χ1) is 9.08. The number of amides is 1. The molecule has 0 saturated heterocycles. The summed E-state index contributed by atoms with van der Waals surface area (Å²) in [6.07, 6.45) is 1.60. The third-order valence-electron chi connectivity index (χ3n) is 2.96. The van der Waals surface area contributed by atoms with Crippen molar-refractivity contribution in [2.45, 2.75) is 20.4 Å². The number of carbonyl (C=O) groups excluding carboxylic acids is 1. The Morgan fingerprint density at radius 2 is 2.11 bits per heavy atom. The highest BCUT2D eigenvalue weighted by Gasteiger charge is 2.14. The van der Waals surface area contributed by atoms with Crippen molar-refractivity contribution >= 4 is 28.4 Å². The largest absolute Gasteiger partial charge is 0.352 e. The summed E-state index contributed by atoms with van der Waals surface area (Å²) in [6.45, 7) is 4.93. The minimum absolute atomic E-state index is 0.151. The number of nitrogens with one attached hydrogen (secondary N) is 1. The molecule has 0 bridgehead atoms. The van der Waals surface area contributed by atoms with Crippen molar-refractivity contribution in [1.29, 1.82) is 0 Å². The van der Waals surface area contributed by atoms with Crippen LogP contribution in [0.2, 0.25) is 5.02 Å². The molecule has 4 nitrogen and oxygen atoms in total. The average Bonchev–Trinajstić information content (AvgIpc) is 2.40. The summed E-state index contributed by atoms with van der Waals surface area (Å²) in [5.41, 5.74) is 0.650. The van der Waals surface area contributed by atoms with Crippen molar-refractivity contribution in [2.24, 2.45) is 0 Å². The van der Waals surface area contributed by atoms with Crippen molar-refractivity contribution in [1.82, 2.24) is 9.88 Å². The van der Waals surface area contributed by atoms with Crippen LogP contribution in [0.15, 0.2) is 29.2 Å². The second-order valence-electron chi connectivity index (χ2n) is 4.18. The SMILES string of the molecule is CCNC(=O)c1cn(CC)c2ccc(Cl)cc2c1=O. The van der Waals surface area contributed by atoms with Gasteiger partial charge in [-0.2, -0.15) is 0 Å². The van der Waals surface area contributed by atoms with Crippen LogP contribution < -0.4 is 10.7 Å². The molecule has 19 heavy (non-hydrogen) atoms. The molecule has 5 heteroatoms. The first kappa shape index (κ1) is 13.6. The molecule has 0 fully saturated rings. The highest BCUT2D eigenvalue weighted by atomic mass is 35.5. The van der Waals surface area contributed by atoms with Gasteiger partial charge in [-0.05, 0) is 32.0 Å². The Morgan fingerprint density at radius 1 is 1.37 bits per heavy atom. The van der Waals surface area contributed by atoms with Crippen LogP contribution >= 0.6 is 11.6 Å². The second-order valence-corrected chi connectivity index (χ2v) is 4.62. The Bertz CT molecular complexity index is 692. The van der Waals surface area contributed by atoms with Crippen molar-refractivity contribution in [3.05, 3.63) is 45.2 Å². The van der Waals surface area contributed by atoms with Crippen LogP contribution in [0.25, 0.3) is 10.9 Å². The summed E-state index contributed by atoms with van der Waals surface area (Å²) in [4.78, 5) is 24.2. The van der Waals surface area contributed by atoms with E-state index in [9.17, 15) is 9.59 Å². The molecule has 0 radical (unpaired) electrons. The van der Waals surface area contributed by atoms with E-state index in [0.717, 1.165) is 5.52 Å². The van der Waals surface area contributed by atoms with Crippen LogP contribution in [0, 0.1) is 0 Å². The van der Waals surface area contributed by atoms with Gasteiger partial charge in [0.1, 0.15) is 5.56 Å². The van der Waals surface area contributed by atoms with Crippen LogP contribution in [0.4, 0.5) is 0 Å². The summed E-state index contributed by atoms with van der Waals surface area (Å²) in [6, 6.07) is 5.14. The predicted molar refractivity (Wildman–Crippen MR) is 76.9 cm³/mol. The molecular weight excluding hydrogens is 264 g/mol. The molecule has 0 atom stereocenters. The second kappa shape index (κ2) is 5.45. The van der Waals surface area contributed by atoms with Gasteiger partial charge < -0.3 is 9.88 Å². The molecule has 1 aromatic carbocycles. The van der Waals surface area contributed by atoms with Gasteiger partial charge in [0.15, 0.2) is 0 Å². The minimum Gasteiger partial charge on any atom is -0.352 e. The smallest absolute Gasteiger partial charge is 0.256 e. The molecule has 100 valence electrons. The van der Waals surface area contributed by atoms with E-state index in [2.05, 4.69) is 5.32 Å². The van der Waals surface area contributed by atoms with E-state index in [1.165, 1.54) is 0 Å². The molecule has 1 N–H and O–H groups in total. The fourth-order valence-corrected chi connectivity index (χ4v) is 2.22. The number of fused-ring (bicyclic) bond motifs is 1. The number of aromatic nitrogens is 1. The van der Waals surface area contributed by atoms with Gasteiger partial charge in [0, 0.05) is 29.7 Å². The molecule has 0 aliphatic rings. The van der Waals surface area contributed by atoms with Gasteiger partial charge in [-0.15, -0.1) is 0 Å². The third kappa shape index (κ3) is 2.49. The summed E-state index contributed by atoms with van der Waals surface area (Å²) >= 11 is 5.93. The lowest BCUT2D eigenvalue weighted by molar-refractivity contribution is 0.0954. The van der Waals surface area contributed by atoms with Crippen LogP contribution in [0.3, 0.4) is 0 Å². The zero-order valence-corrected chi connectivity index (χ0v) is 11.6. The van der Waals surface area contributed by atoms with Crippen LogP contribution in [0.5, 0.6) is 0 Å². The molecule has 1 amide bonds. The number of hydrogen-bond donors (Lipinski definition) is 1. The summed E-state index contributed by atoms with van der Waals surface area (Å²) in [5.74, 6) is -0.350. The Kier molecular flexibility index (Phi) is 3.90. The molecule has 1 aromatic heterocycles. The normalized spacial score (nSPS) is 10.7. The Hall–Kier alpha value is -1.81. The van der Waals surface area contributed by atoms with E-state index in [-0.39, 0.29) is 16.9 Å². The maximum absolute atomic E-state index is 12.3. The molecule has 0 spiro atoms. The van der Waals surface area contributed by atoms with Gasteiger partial charge in [0.25, 0.3) is 5.91 Å². The molecule has 0 aliphatic carbocycles. The lowest BCUT2D eigenvalue weighted by atomic mass is 10.1. The number of hydrogen-bond acceptors (Lipinski definition) is 2. The Morgan fingerprint density at radius 3 is 2.74 bits per heavy atom. The predicted octanol–water partition coefficient (Wildman–Crippen LogP) is 2.42. The average molecular weight is 279 g/mol. The quantitative estimate of drug-likeness (QED) is 0.937. The van der Waals surface area contributed by atoms with E-state index in [4.69, 9.17) is 11.6 Å². The lowest BCUT2D eigenvalue weighted by Crippen LogP contribution is -2.29. The Labute approximate surface area is 116 Å². The number of nitrogens with zero attached hydrogens (tertiary/aromatic N) is 1. The molecule has 2 aromatic rings. The highest BCUT2D eigenvalue weighted by molar-refractivity contribution is 6.31. The fourth-order valence-electron chi connectivity index (χ4n) is 2.05. The van der Waals surface area contributed by atoms with Crippen molar-refractivity contribution in [3.8, 4) is 0 Å². The maximum Gasteiger partial charge on any atom is 0.256 e. The first-order valence-corrected chi connectivity index (χ1v) is 6.57. The van der Waals surface area contributed by atoms with Crippen LogP contribution in [-0.2, 0) is 6.54 Å². The lowest BCUT2D eigenvalue weighted by Gasteiger charge is -2.11. The van der Waals surface area contributed by atoms with Gasteiger partial charge >= 0.3 is 0 Å². The molecule has 2 rings (SSSR count). The van der Waals surface area contributed by atoms with Gasteiger partial charge in [0.05, 0.1) is 5.52 Å². The monoisotopic (exact) mass is 278 g/mol. The number of aryl methyl sites for hydroxylation is 1. The molecule has 0 saturated carbocycles. The maximum atomic E-state index is 12.3. The zero-order valence-electron chi connectivity index (χ0n) is 10.9. The van der Waals surface area contributed by atoms with Crippen molar-refractivity contribution in [3.63, 3.8) is 0 Å². The van der Waals surface area contributed by atoms with E-state index < -0.39 is 0 Å². The number of pyridine rings is 1. The van der Waals surface area contributed by atoms with Gasteiger partial charge in [-0.1, -0.05) is 11.6 Å². The highest BCUT2D eigenvalue weighted by Crippen LogP contribution is 2.17. The Balaban J connectivity index is 2.77. The van der Waals surface area contributed by atoms with E-state index >= 15 is 0 Å². The van der Waals surface area contributed by atoms with E-state index in [1.54, 1.807) is 24.4 Å². The van der Waals surface area contributed by atoms with Crippen molar-refractivity contribution < 1.29 is 4.79 Å². The number of benzene rings is 1. The number of rotatable bonds is 3.